The fourth-order valence-electron chi connectivity index (χ4n) is 3.68. The lowest BCUT2D eigenvalue weighted by Crippen LogP contribution is -2.56. The number of nitrogens with two attached hydrogens (primary N) is 1. The van der Waals surface area contributed by atoms with Gasteiger partial charge >= 0.3 is 6.09 Å². The first-order valence-electron chi connectivity index (χ1n) is 8.74. The molecule has 3 N–H and O–H groups in total. The van der Waals surface area contributed by atoms with E-state index >= 15 is 0 Å². The average Bonchev–Trinajstić information content (AvgIpc) is 2.93. The summed E-state index contributed by atoms with van der Waals surface area (Å²) in [7, 11) is 0. The van der Waals surface area contributed by atoms with Crippen LogP contribution in [0.5, 0.6) is 0 Å². The molecule has 3 heterocycles. The zero-order valence-electron chi connectivity index (χ0n) is 15.8. The number of ether oxygens (including phenoxy) is 1. The summed E-state index contributed by atoms with van der Waals surface area (Å²) in [5.74, 6) is 0.495. The lowest BCUT2D eigenvalue weighted by Gasteiger charge is -2.49. The molecule has 1 aliphatic heterocycles. The van der Waals surface area contributed by atoms with Crippen molar-refractivity contribution in [1.29, 1.82) is 5.26 Å². The Labute approximate surface area is 166 Å². The molecule has 2 atom stereocenters. The molecular formula is C18H23BrN6O2. The summed E-state index contributed by atoms with van der Waals surface area (Å²) >= 11 is 3.42. The Morgan fingerprint density at radius 3 is 2.81 bits per heavy atom. The summed E-state index contributed by atoms with van der Waals surface area (Å²) in [5, 5.41) is 10.2. The highest BCUT2D eigenvalue weighted by atomic mass is 79.9. The zero-order chi connectivity index (χ0) is 20.0. The van der Waals surface area contributed by atoms with Crippen LogP contribution in [0.2, 0.25) is 0 Å². The third-order valence-corrected chi connectivity index (χ3v) is 5.69. The van der Waals surface area contributed by atoms with Crippen LogP contribution in [0.3, 0.4) is 0 Å². The first kappa shape index (κ1) is 19.4. The van der Waals surface area contributed by atoms with Crippen molar-refractivity contribution in [2.75, 3.05) is 11.4 Å². The predicted octanol–water partition coefficient (Wildman–Crippen LogP) is 3.46. The number of nitriles is 1. The second-order valence-corrected chi connectivity index (χ2v) is 9.10. The molecular weight excluding hydrogens is 412 g/mol. The maximum Gasteiger partial charge on any atom is 0.405 e. The molecule has 8 nitrogen and oxygen atoms in total. The Morgan fingerprint density at radius 1 is 1.52 bits per heavy atom. The van der Waals surface area contributed by atoms with Gasteiger partial charge in [0.15, 0.2) is 5.69 Å². The van der Waals surface area contributed by atoms with E-state index in [0.29, 0.717) is 42.1 Å². The minimum Gasteiger partial charge on any atom is -0.443 e. The Hall–Kier alpha value is -2.34. The number of primary amides is 1. The summed E-state index contributed by atoms with van der Waals surface area (Å²) in [6.07, 6.45) is 2.18. The third-order valence-electron chi connectivity index (χ3n) is 5.06. The number of halogens is 1. The van der Waals surface area contributed by atoms with E-state index in [1.54, 1.807) is 6.20 Å². The summed E-state index contributed by atoms with van der Waals surface area (Å²) in [4.78, 5) is 25.7. The van der Waals surface area contributed by atoms with E-state index < -0.39 is 11.7 Å². The number of nitrogens with zero attached hydrogens (tertiary/aromatic N) is 4. The van der Waals surface area contributed by atoms with Gasteiger partial charge in [-0.25, -0.2) is 9.78 Å². The second-order valence-electron chi connectivity index (χ2n) is 8.24. The van der Waals surface area contributed by atoms with E-state index in [1.165, 1.54) is 0 Å². The van der Waals surface area contributed by atoms with Gasteiger partial charge < -0.3 is 20.4 Å². The van der Waals surface area contributed by atoms with E-state index in [1.807, 2.05) is 6.92 Å². The number of fused-ring (bicyclic) bond motifs is 1. The van der Waals surface area contributed by atoms with Crippen LogP contribution in [0, 0.1) is 16.7 Å². The number of rotatable bonds is 2. The summed E-state index contributed by atoms with van der Waals surface area (Å²) in [6, 6.07) is 2.16. The lowest BCUT2D eigenvalue weighted by molar-refractivity contribution is -0.00965. The topological polar surface area (TPSA) is 121 Å². The largest absolute Gasteiger partial charge is 0.443 e. The van der Waals surface area contributed by atoms with Crippen LogP contribution >= 0.6 is 15.9 Å². The molecule has 0 bridgehead atoms. The molecule has 0 aliphatic carbocycles. The number of piperidine rings is 1. The minimum absolute atomic E-state index is 0.00186. The van der Waals surface area contributed by atoms with Crippen LogP contribution < -0.4 is 10.6 Å². The fraction of sp³-hybridized carbons (Fsp3) is 0.556. The van der Waals surface area contributed by atoms with E-state index in [9.17, 15) is 10.1 Å². The lowest BCUT2D eigenvalue weighted by atomic mass is 9.75. The molecule has 2 unspecified atom stereocenters. The smallest absolute Gasteiger partial charge is 0.405 e. The van der Waals surface area contributed by atoms with Crippen LogP contribution in [0.4, 0.5) is 10.7 Å². The quantitative estimate of drug-likeness (QED) is 0.745. The molecule has 0 saturated carbocycles. The van der Waals surface area contributed by atoms with Crippen molar-refractivity contribution in [3.05, 3.63) is 16.4 Å². The zero-order valence-corrected chi connectivity index (χ0v) is 17.4. The molecule has 2 aromatic heterocycles. The SMILES string of the molecule is CC1(OC(N)=O)CCN(c2nc(C#N)c3c(Br)c[nH]c3n2)C(C(C)(C)C)C1. The van der Waals surface area contributed by atoms with Crippen LogP contribution in [0.1, 0.15) is 46.2 Å². The van der Waals surface area contributed by atoms with E-state index in [2.05, 4.69) is 62.6 Å². The normalized spacial score (nSPS) is 23.3. The third kappa shape index (κ3) is 3.72. The molecule has 9 heteroatoms. The predicted molar refractivity (Wildman–Crippen MR) is 105 cm³/mol. The Morgan fingerprint density at radius 2 is 2.22 bits per heavy atom. The van der Waals surface area contributed by atoms with Gasteiger partial charge in [-0.2, -0.15) is 10.2 Å². The Kier molecular flexibility index (Phi) is 4.80. The molecule has 1 amide bonds. The molecule has 0 radical (unpaired) electrons. The molecule has 1 fully saturated rings. The number of hydrogen-bond acceptors (Lipinski definition) is 6. The van der Waals surface area contributed by atoms with Crippen LogP contribution in [0.15, 0.2) is 10.7 Å². The molecule has 3 rings (SSSR count). The van der Waals surface area contributed by atoms with Gasteiger partial charge in [0, 0.05) is 36.1 Å². The van der Waals surface area contributed by atoms with Crippen molar-refractivity contribution >= 4 is 39.0 Å². The summed E-state index contributed by atoms with van der Waals surface area (Å²) in [6.45, 7) is 8.85. The second kappa shape index (κ2) is 6.68. The van der Waals surface area contributed by atoms with Gasteiger partial charge in [-0.05, 0) is 28.3 Å². The van der Waals surface area contributed by atoms with Gasteiger partial charge in [0.05, 0.1) is 5.39 Å². The number of H-pyrrole nitrogens is 1. The number of carbonyl (C=O) groups excluding carboxylic acids is 1. The number of nitrogens with one attached hydrogen (secondary N) is 1. The molecule has 27 heavy (non-hydrogen) atoms. The fourth-order valence-corrected chi connectivity index (χ4v) is 4.17. The number of amides is 1. The minimum atomic E-state index is -0.765. The maximum atomic E-state index is 11.3. The van der Waals surface area contributed by atoms with Crippen LogP contribution in [0.25, 0.3) is 11.0 Å². The monoisotopic (exact) mass is 434 g/mol. The van der Waals surface area contributed by atoms with Gasteiger partial charge in [0.1, 0.15) is 17.3 Å². The van der Waals surface area contributed by atoms with Crippen molar-refractivity contribution in [2.45, 2.75) is 52.2 Å². The average molecular weight is 435 g/mol. The van der Waals surface area contributed by atoms with Crippen molar-refractivity contribution in [1.82, 2.24) is 15.0 Å². The first-order chi connectivity index (χ1) is 12.5. The van der Waals surface area contributed by atoms with Crippen molar-refractivity contribution in [3.63, 3.8) is 0 Å². The van der Waals surface area contributed by atoms with Crippen molar-refractivity contribution in [3.8, 4) is 6.07 Å². The highest BCUT2D eigenvalue weighted by Gasteiger charge is 2.44. The molecule has 0 spiro atoms. The Bertz CT molecular complexity index is 928. The van der Waals surface area contributed by atoms with Gasteiger partial charge in [-0.1, -0.05) is 20.8 Å². The summed E-state index contributed by atoms with van der Waals surface area (Å²) < 4.78 is 6.17. The van der Waals surface area contributed by atoms with Crippen LogP contribution in [-0.4, -0.2) is 39.2 Å². The number of aromatic nitrogens is 3. The number of aromatic amines is 1. The number of hydrogen-bond donors (Lipinski definition) is 2. The van der Waals surface area contributed by atoms with Gasteiger partial charge in [-0.3, -0.25) is 0 Å². The van der Waals surface area contributed by atoms with E-state index in [4.69, 9.17) is 10.5 Å². The van der Waals surface area contributed by atoms with Gasteiger partial charge in [0.2, 0.25) is 5.95 Å². The highest BCUT2D eigenvalue weighted by Crippen LogP contribution is 2.40. The highest BCUT2D eigenvalue weighted by molar-refractivity contribution is 9.10. The van der Waals surface area contributed by atoms with Gasteiger partial charge in [-0.15, -0.1) is 0 Å². The maximum absolute atomic E-state index is 11.3. The number of anilines is 1. The van der Waals surface area contributed by atoms with E-state index in [-0.39, 0.29) is 11.5 Å². The molecule has 0 aromatic carbocycles. The Balaban J connectivity index is 2.04. The molecule has 1 saturated heterocycles. The standard InChI is InChI=1S/C18H23BrN6O2/c1-17(2,3)12-7-18(4,27-15(21)26)5-6-25(12)16-23-11(8-20)13-10(19)9-22-14(13)24-16/h9,12H,5-7H2,1-4H3,(H2,21,26)(H,22,23,24). The van der Waals surface area contributed by atoms with Crippen molar-refractivity contribution < 1.29 is 9.53 Å². The molecule has 2 aromatic rings. The molecule has 1 aliphatic rings. The van der Waals surface area contributed by atoms with Gasteiger partial charge in [0.25, 0.3) is 0 Å². The summed E-state index contributed by atoms with van der Waals surface area (Å²) in [5.41, 5.74) is 5.42. The number of carbonyl (C=O) groups is 1. The van der Waals surface area contributed by atoms with E-state index in [0.717, 1.165) is 4.47 Å². The first-order valence-corrected chi connectivity index (χ1v) is 9.53. The van der Waals surface area contributed by atoms with Crippen molar-refractivity contribution in [2.24, 2.45) is 11.1 Å². The van der Waals surface area contributed by atoms with Crippen LogP contribution in [-0.2, 0) is 4.74 Å². The molecule has 144 valence electrons.